The minimum absolute atomic E-state index is 0.0440. The van der Waals surface area contributed by atoms with E-state index < -0.39 is 0 Å². The van der Waals surface area contributed by atoms with Gasteiger partial charge in [0.15, 0.2) is 11.6 Å². The number of carbonyl (C=O) groups excluding carboxylic acids is 2. The second-order valence-electron chi connectivity index (χ2n) is 10.8. The Morgan fingerprint density at radius 2 is 1.00 bits per heavy atom. The average molecular weight is 459 g/mol. The fourth-order valence-electron chi connectivity index (χ4n) is 6.48. The SMILES string of the molecule is C[C@@H](Nc1cccc2c1C(=O)c1cccc(N[C@H](C)C3CCCCC3)c1C2=O)C1CCCCC1. The van der Waals surface area contributed by atoms with Gasteiger partial charge in [0.05, 0.1) is 11.1 Å². The van der Waals surface area contributed by atoms with Crippen LogP contribution in [0.4, 0.5) is 11.4 Å². The molecule has 0 spiro atoms. The van der Waals surface area contributed by atoms with Crippen LogP contribution in [0.2, 0.25) is 0 Å². The van der Waals surface area contributed by atoms with E-state index in [1.165, 1.54) is 64.2 Å². The highest BCUT2D eigenvalue weighted by Gasteiger charge is 2.35. The van der Waals surface area contributed by atoms with Gasteiger partial charge >= 0.3 is 0 Å². The summed E-state index contributed by atoms with van der Waals surface area (Å²) in [7, 11) is 0. The van der Waals surface area contributed by atoms with Crippen LogP contribution in [0.25, 0.3) is 0 Å². The molecular formula is C30H38N2O2. The first-order valence-corrected chi connectivity index (χ1v) is 13.4. The predicted octanol–water partition coefficient (Wildman–Crippen LogP) is 7.22. The fraction of sp³-hybridized carbons (Fsp3) is 0.533. The quantitative estimate of drug-likeness (QED) is 0.409. The molecule has 0 aliphatic heterocycles. The van der Waals surface area contributed by atoms with Crippen LogP contribution in [0.3, 0.4) is 0 Å². The molecule has 2 N–H and O–H groups in total. The van der Waals surface area contributed by atoms with Crippen molar-refractivity contribution in [3.05, 3.63) is 58.7 Å². The van der Waals surface area contributed by atoms with Gasteiger partial charge in [-0.2, -0.15) is 0 Å². The highest BCUT2D eigenvalue weighted by atomic mass is 16.1. The molecule has 34 heavy (non-hydrogen) atoms. The second kappa shape index (κ2) is 9.93. The summed E-state index contributed by atoms with van der Waals surface area (Å²) in [4.78, 5) is 27.5. The third-order valence-electron chi connectivity index (χ3n) is 8.55. The maximum atomic E-state index is 13.8. The van der Waals surface area contributed by atoms with Gasteiger partial charge in [0.25, 0.3) is 0 Å². The van der Waals surface area contributed by atoms with E-state index in [-0.39, 0.29) is 23.7 Å². The van der Waals surface area contributed by atoms with Gasteiger partial charge in [0.1, 0.15) is 0 Å². The molecule has 0 bridgehead atoms. The van der Waals surface area contributed by atoms with E-state index in [4.69, 9.17) is 0 Å². The standard InChI is InChI=1S/C30H38N2O2/c1-19(21-11-5-3-6-12-21)31-25-17-9-15-23-27(25)29(33)24-16-10-18-26(28(24)30(23)34)32-20(2)22-13-7-4-8-14-22/h9-10,15-22,31-32H,3-8,11-14H2,1-2H3/t19-,20-/m1/s1. The van der Waals surface area contributed by atoms with E-state index in [9.17, 15) is 9.59 Å². The molecule has 0 amide bonds. The molecule has 2 atom stereocenters. The zero-order valence-electron chi connectivity index (χ0n) is 20.7. The van der Waals surface area contributed by atoms with Gasteiger partial charge in [-0.3, -0.25) is 9.59 Å². The zero-order chi connectivity index (χ0) is 23.7. The monoisotopic (exact) mass is 458 g/mol. The summed E-state index contributed by atoms with van der Waals surface area (Å²) in [5.74, 6) is 1.14. The van der Waals surface area contributed by atoms with Crippen LogP contribution >= 0.6 is 0 Å². The van der Waals surface area contributed by atoms with E-state index in [1.807, 2.05) is 36.4 Å². The minimum Gasteiger partial charge on any atom is -0.382 e. The Hall–Kier alpha value is -2.62. The Kier molecular flexibility index (Phi) is 6.76. The van der Waals surface area contributed by atoms with Crippen LogP contribution in [0, 0.1) is 11.8 Å². The van der Waals surface area contributed by atoms with E-state index in [0.717, 1.165) is 11.4 Å². The van der Waals surface area contributed by atoms with Gasteiger partial charge in [0, 0.05) is 34.6 Å². The van der Waals surface area contributed by atoms with Crippen LogP contribution in [-0.2, 0) is 0 Å². The highest BCUT2D eigenvalue weighted by Crippen LogP contribution is 2.38. The summed E-state index contributed by atoms with van der Waals surface area (Å²) in [5.41, 5.74) is 3.73. The maximum Gasteiger partial charge on any atom is 0.196 e. The summed E-state index contributed by atoms with van der Waals surface area (Å²) in [6.07, 6.45) is 12.7. The summed E-state index contributed by atoms with van der Waals surface area (Å²) < 4.78 is 0. The van der Waals surface area contributed by atoms with Crippen LogP contribution in [0.1, 0.15) is 110 Å². The van der Waals surface area contributed by atoms with Crippen molar-refractivity contribution in [2.75, 3.05) is 10.6 Å². The largest absolute Gasteiger partial charge is 0.382 e. The molecule has 0 heterocycles. The third-order valence-corrected chi connectivity index (χ3v) is 8.55. The van der Waals surface area contributed by atoms with Crippen LogP contribution in [-0.4, -0.2) is 23.7 Å². The zero-order valence-corrected chi connectivity index (χ0v) is 20.7. The number of benzene rings is 2. The first-order valence-electron chi connectivity index (χ1n) is 13.4. The molecule has 0 radical (unpaired) electrons. The van der Waals surface area contributed by atoms with Crippen molar-refractivity contribution in [1.82, 2.24) is 0 Å². The van der Waals surface area contributed by atoms with Crippen molar-refractivity contribution in [2.45, 2.75) is 90.1 Å². The van der Waals surface area contributed by atoms with Crippen molar-refractivity contribution < 1.29 is 9.59 Å². The average Bonchev–Trinajstić information content (AvgIpc) is 2.88. The number of hydrogen-bond acceptors (Lipinski definition) is 4. The van der Waals surface area contributed by atoms with Crippen LogP contribution in [0.5, 0.6) is 0 Å². The Balaban J connectivity index is 1.43. The van der Waals surface area contributed by atoms with Crippen LogP contribution < -0.4 is 10.6 Å². The molecule has 2 aromatic carbocycles. The molecule has 0 unspecified atom stereocenters. The number of rotatable bonds is 6. The molecule has 2 saturated carbocycles. The highest BCUT2D eigenvalue weighted by molar-refractivity contribution is 6.31. The number of nitrogens with one attached hydrogen (secondary N) is 2. The van der Waals surface area contributed by atoms with Crippen molar-refractivity contribution in [3.63, 3.8) is 0 Å². The molecule has 5 rings (SSSR count). The molecule has 2 fully saturated rings. The van der Waals surface area contributed by atoms with Gasteiger partial charge in [-0.25, -0.2) is 0 Å². The fourth-order valence-corrected chi connectivity index (χ4v) is 6.48. The van der Waals surface area contributed by atoms with Crippen molar-refractivity contribution in [2.24, 2.45) is 11.8 Å². The Morgan fingerprint density at radius 1 is 0.618 bits per heavy atom. The molecule has 3 aliphatic rings. The molecule has 180 valence electrons. The second-order valence-corrected chi connectivity index (χ2v) is 10.8. The van der Waals surface area contributed by atoms with E-state index in [1.54, 1.807) is 0 Å². The third kappa shape index (κ3) is 4.39. The van der Waals surface area contributed by atoms with E-state index in [2.05, 4.69) is 24.5 Å². The first-order chi connectivity index (χ1) is 16.5. The van der Waals surface area contributed by atoms with Gasteiger partial charge < -0.3 is 10.6 Å². The molecule has 4 nitrogen and oxygen atoms in total. The number of ketones is 2. The van der Waals surface area contributed by atoms with Gasteiger partial charge in [-0.15, -0.1) is 0 Å². The number of carbonyl (C=O) groups is 2. The Bertz CT molecular complexity index is 978. The van der Waals surface area contributed by atoms with Crippen LogP contribution in [0.15, 0.2) is 36.4 Å². The van der Waals surface area contributed by atoms with E-state index in [0.29, 0.717) is 34.1 Å². The first kappa shape index (κ1) is 23.1. The number of fused-ring (bicyclic) bond motifs is 2. The lowest BCUT2D eigenvalue weighted by Crippen LogP contribution is -2.31. The lowest BCUT2D eigenvalue weighted by Gasteiger charge is -2.31. The molecule has 2 aromatic rings. The van der Waals surface area contributed by atoms with Crippen molar-refractivity contribution in [3.8, 4) is 0 Å². The maximum absolute atomic E-state index is 13.8. The van der Waals surface area contributed by atoms with Gasteiger partial charge in [-0.05, 0) is 63.5 Å². The topological polar surface area (TPSA) is 58.2 Å². The van der Waals surface area contributed by atoms with Crippen molar-refractivity contribution >= 4 is 22.9 Å². The van der Waals surface area contributed by atoms with Gasteiger partial charge in [-0.1, -0.05) is 62.8 Å². The minimum atomic E-state index is -0.0440. The number of anilines is 2. The summed E-state index contributed by atoms with van der Waals surface area (Å²) in [6.45, 7) is 4.43. The molecule has 4 heteroatoms. The van der Waals surface area contributed by atoms with E-state index >= 15 is 0 Å². The van der Waals surface area contributed by atoms with Crippen molar-refractivity contribution in [1.29, 1.82) is 0 Å². The number of hydrogen-bond donors (Lipinski definition) is 2. The molecule has 0 saturated heterocycles. The predicted molar refractivity (Wildman–Crippen MR) is 139 cm³/mol. The smallest absolute Gasteiger partial charge is 0.196 e. The summed E-state index contributed by atoms with van der Waals surface area (Å²) in [6, 6.07) is 11.9. The lowest BCUT2D eigenvalue weighted by molar-refractivity contribution is 0.0980. The Labute approximate surface area is 203 Å². The lowest BCUT2D eigenvalue weighted by atomic mass is 9.81. The summed E-state index contributed by atoms with van der Waals surface area (Å²) >= 11 is 0. The molecule has 0 aromatic heterocycles. The Morgan fingerprint density at radius 3 is 1.38 bits per heavy atom. The summed E-state index contributed by atoms with van der Waals surface area (Å²) in [5, 5.41) is 7.25. The molecule has 3 aliphatic carbocycles. The molecular weight excluding hydrogens is 420 g/mol. The normalized spacial score (nSPS) is 20.9. The van der Waals surface area contributed by atoms with Gasteiger partial charge in [0.2, 0.25) is 0 Å².